The number of benzene rings is 1. The summed E-state index contributed by atoms with van der Waals surface area (Å²) in [5, 5.41) is 13.8. The number of aliphatic hydroxyl groups excluding tert-OH is 1. The number of fused-ring (bicyclic) bond motifs is 1. The number of rotatable bonds is 3. The first-order valence-corrected chi connectivity index (χ1v) is 8.76. The Morgan fingerprint density at radius 3 is 2.81 bits per heavy atom. The first kappa shape index (κ1) is 16.7. The molecule has 2 aromatic rings. The van der Waals surface area contributed by atoms with Crippen molar-refractivity contribution < 1.29 is 13.5 Å². The van der Waals surface area contributed by atoms with E-state index in [1.807, 2.05) is 24.3 Å². The van der Waals surface area contributed by atoms with Gasteiger partial charge in [-0.15, -0.1) is 23.7 Å². The highest BCUT2D eigenvalue weighted by Crippen LogP contribution is 2.29. The van der Waals surface area contributed by atoms with Crippen LogP contribution in [-0.4, -0.2) is 38.8 Å². The SMILES string of the molecule is Cl.O=S(=O)(N[C@@H]1CCNC[C@H]1O)c1cc2ccccc2s1. The zero-order chi connectivity index (χ0) is 14.2. The molecule has 0 radical (unpaired) electrons. The quantitative estimate of drug-likeness (QED) is 0.781. The average molecular weight is 349 g/mol. The van der Waals surface area contributed by atoms with Crippen LogP contribution in [0.1, 0.15) is 6.42 Å². The van der Waals surface area contributed by atoms with E-state index in [9.17, 15) is 13.5 Å². The molecule has 5 nitrogen and oxygen atoms in total. The number of hydrogen-bond acceptors (Lipinski definition) is 5. The van der Waals surface area contributed by atoms with Crippen LogP contribution in [0.15, 0.2) is 34.5 Å². The van der Waals surface area contributed by atoms with E-state index in [0.29, 0.717) is 23.7 Å². The number of β-amino-alcohol motifs (C(OH)–C–C–N with tert-alkyl or cyclic N) is 1. The van der Waals surface area contributed by atoms with Gasteiger partial charge in [0.25, 0.3) is 0 Å². The molecular formula is C13H17ClN2O3S2. The van der Waals surface area contributed by atoms with Crippen LogP contribution < -0.4 is 10.0 Å². The number of nitrogens with one attached hydrogen (secondary N) is 2. The largest absolute Gasteiger partial charge is 0.390 e. The van der Waals surface area contributed by atoms with Crippen molar-refractivity contribution >= 4 is 43.9 Å². The van der Waals surface area contributed by atoms with Gasteiger partial charge >= 0.3 is 0 Å². The zero-order valence-corrected chi connectivity index (χ0v) is 13.6. The van der Waals surface area contributed by atoms with E-state index in [2.05, 4.69) is 10.0 Å². The Balaban J connectivity index is 0.00000161. The van der Waals surface area contributed by atoms with Crippen molar-refractivity contribution in [3.05, 3.63) is 30.3 Å². The van der Waals surface area contributed by atoms with Crippen LogP contribution in [0.25, 0.3) is 10.1 Å². The van der Waals surface area contributed by atoms with Gasteiger partial charge in [-0.3, -0.25) is 0 Å². The molecule has 2 atom stereocenters. The van der Waals surface area contributed by atoms with Gasteiger partial charge in [-0.05, 0) is 30.5 Å². The monoisotopic (exact) mass is 348 g/mol. The van der Waals surface area contributed by atoms with Gasteiger partial charge in [0, 0.05) is 11.2 Å². The third kappa shape index (κ3) is 3.56. The van der Waals surface area contributed by atoms with Gasteiger partial charge in [0.05, 0.1) is 12.1 Å². The van der Waals surface area contributed by atoms with Gasteiger partial charge in [-0.1, -0.05) is 18.2 Å². The lowest BCUT2D eigenvalue weighted by Crippen LogP contribution is -2.52. The molecule has 3 N–H and O–H groups in total. The molecule has 116 valence electrons. The van der Waals surface area contributed by atoms with Crippen LogP contribution in [0.3, 0.4) is 0 Å². The molecule has 2 heterocycles. The molecule has 0 aliphatic carbocycles. The van der Waals surface area contributed by atoms with E-state index in [1.165, 1.54) is 11.3 Å². The first-order chi connectivity index (χ1) is 9.56. The Labute approximate surface area is 133 Å². The molecule has 1 aliphatic rings. The summed E-state index contributed by atoms with van der Waals surface area (Å²) in [7, 11) is -3.57. The van der Waals surface area contributed by atoms with Crippen molar-refractivity contribution in [1.29, 1.82) is 0 Å². The van der Waals surface area contributed by atoms with Gasteiger partial charge in [0.1, 0.15) is 4.21 Å². The highest BCUT2D eigenvalue weighted by molar-refractivity contribution is 7.91. The van der Waals surface area contributed by atoms with Gasteiger partial charge in [-0.25, -0.2) is 13.1 Å². The molecule has 8 heteroatoms. The fourth-order valence-corrected chi connectivity index (χ4v) is 5.05. The van der Waals surface area contributed by atoms with E-state index in [-0.39, 0.29) is 12.4 Å². The van der Waals surface area contributed by atoms with Gasteiger partial charge in [0.15, 0.2) is 0 Å². The maximum Gasteiger partial charge on any atom is 0.250 e. The molecule has 1 aromatic heterocycles. The van der Waals surface area contributed by atoms with E-state index < -0.39 is 22.2 Å². The van der Waals surface area contributed by atoms with Crippen molar-refractivity contribution in [2.24, 2.45) is 0 Å². The van der Waals surface area contributed by atoms with E-state index in [4.69, 9.17) is 0 Å². The molecule has 0 saturated carbocycles. The standard InChI is InChI=1S/C13H16N2O3S2.ClH/c16-11-8-14-6-5-10(11)15-20(17,18)13-7-9-3-1-2-4-12(9)19-13;/h1-4,7,10-11,14-16H,5-6,8H2;1H/t10-,11-;/m1./s1. The normalized spacial score (nSPS) is 22.9. The molecule has 1 saturated heterocycles. The minimum absolute atomic E-state index is 0. The van der Waals surface area contributed by atoms with Crippen LogP contribution in [0.5, 0.6) is 0 Å². The summed E-state index contributed by atoms with van der Waals surface area (Å²) in [5.41, 5.74) is 0. The third-order valence-electron chi connectivity index (χ3n) is 3.42. The van der Waals surface area contributed by atoms with Crippen LogP contribution in [0.2, 0.25) is 0 Å². The third-order valence-corrected chi connectivity index (χ3v) is 6.50. The Morgan fingerprint density at radius 1 is 1.33 bits per heavy atom. The summed E-state index contributed by atoms with van der Waals surface area (Å²) in [4.78, 5) is 0. The number of aliphatic hydroxyl groups is 1. The number of piperidine rings is 1. The average Bonchev–Trinajstić information content (AvgIpc) is 2.86. The zero-order valence-electron chi connectivity index (χ0n) is 11.2. The lowest BCUT2D eigenvalue weighted by atomic mass is 10.1. The fraction of sp³-hybridized carbons (Fsp3) is 0.385. The maximum atomic E-state index is 12.4. The Hall–Kier alpha value is -0.700. The molecule has 0 bridgehead atoms. The fourth-order valence-electron chi connectivity index (χ4n) is 2.33. The smallest absolute Gasteiger partial charge is 0.250 e. The predicted molar refractivity (Wildman–Crippen MR) is 86.7 cm³/mol. The minimum Gasteiger partial charge on any atom is -0.390 e. The highest BCUT2D eigenvalue weighted by Gasteiger charge is 2.28. The molecule has 1 aromatic carbocycles. The second kappa shape index (κ2) is 6.60. The van der Waals surface area contributed by atoms with Crippen molar-refractivity contribution in [3.8, 4) is 0 Å². The lowest BCUT2D eigenvalue weighted by molar-refractivity contribution is 0.113. The van der Waals surface area contributed by atoms with Crippen LogP contribution >= 0.6 is 23.7 Å². The topological polar surface area (TPSA) is 78.4 Å². The van der Waals surface area contributed by atoms with Crippen LogP contribution in [0.4, 0.5) is 0 Å². The summed E-state index contributed by atoms with van der Waals surface area (Å²) in [6.45, 7) is 1.12. The van der Waals surface area contributed by atoms with Crippen LogP contribution in [0, 0.1) is 0 Å². The number of sulfonamides is 1. The Kier molecular flexibility index (Phi) is 5.24. The Morgan fingerprint density at radius 2 is 2.10 bits per heavy atom. The van der Waals surface area contributed by atoms with Crippen LogP contribution in [-0.2, 0) is 10.0 Å². The van der Waals surface area contributed by atoms with Crippen molar-refractivity contribution in [3.63, 3.8) is 0 Å². The summed E-state index contributed by atoms with van der Waals surface area (Å²) in [5.74, 6) is 0. The maximum absolute atomic E-state index is 12.4. The summed E-state index contributed by atoms with van der Waals surface area (Å²) < 4.78 is 28.6. The number of halogens is 1. The van der Waals surface area contributed by atoms with Crippen molar-refractivity contribution in [1.82, 2.24) is 10.0 Å². The molecule has 1 fully saturated rings. The molecule has 0 spiro atoms. The molecule has 0 unspecified atom stereocenters. The van der Waals surface area contributed by atoms with E-state index in [1.54, 1.807) is 6.07 Å². The molecular weight excluding hydrogens is 332 g/mol. The van der Waals surface area contributed by atoms with E-state index >= 15 is 0 Å². The summed E-state index contributed by atoms with van der Waals surface area (Å²) >= 11 is 1.25. The molecule has 1 aliphatic heterocycles. The molecule has 3 rings (SSSR count). The predicted octanol–water partition coefficient (Wildman–Crippen LogP) is 1.32. The Bertz CT molecular complexity index is 684. The highest BCUT2D eigenvalue weighted by atomic mass is 35.5. The van der Waals surface area contributed by atoms with Gasteiger partial charge < -0.3 is 10.4 Å². The van der Waals surface area contributed by atoms with Crippen molar-refractivity contribution in [2.75, 3.05) is 13.1 Å². The summed E-state index contributed by atoms with van der Waals surface area (Å²) in [6, 6.07) is 8.82. The van der Waals surface area contributed by atoms with E-state index in [0.717, 1.165) is 10.1 Å². The second-order valence-electron chi connectivity index (χ2n) is 4.89. The van der Waals surface area contributed by atoms with Crippen molar-refractivity contribution in [2.45, 2.75) is 22.8 Å². The summed E-state index contributed by atoms with van der Waals surface area (Å²) in [6.07, 6.45) is -0.0985. The second-order valence-corrected chi connectivity index (χ2v) is 7.92. The first-order valence-electron chi connectivity index (χ1n) is 6.46. The number of thiophene rings is 1. The molecule has 0 amide bonds. The molecule has 21 heavy (non-hydrogen) atoms. The van der Waals surface area contributed by atoms with Gasteiger partial charge in [0.2, 0.25) is 10.0 Å². The van der Waals surface area contributed by atoms with Gasteiger partial charge in [-0.2, -0.15) is 0 Å². The lowest BCUT2D eigenvalue weighted by Gasteiger charge is -2.28. The number of hydrogen-bond donors (Lipinski definition) is 3. The minimum atomic E-state index is -3.57.